The van der Waals surface area contributed by atoms with Crippen LogP contribution in [0.25, 0.3) is 0 Å². The van der Waals surface area contributed by atoms with Crippen LogP contribution in [0.3, 0.4) is 0 Å². The molecule has 0 saturated carbocycles. The molecule has 19 heavy (non-hydrogen) atoms. The van der Waals surface area contributed by atoms with E-state index in [0.717, 1.165) is 28.6 Å². The van der Waals surface area contributed by atoms with Crippen molar-refractivity contribution in [2.45, 2.75) is 43.9 Å². The zero-order chi connectivity index (χ0) is 13.9. The van der Waals surface area contributed by atoms with Gasteiger partial charge >= 0.3 is 0 Å². The van der Waals surface area contributed by atoms with Gasteiger partial charge < -0.3 is 5.32 Å². The molecule has 1 N–H and O–H groups in total. The summed E-state index contributed by atoms with van der Waals surface area (Å²) in [5, 5.41) is 3.71. The molecule has 0 fully saturated rings. The van der Waals surface area contributed by atoms with E-state index in [1.165, 1.54) is 19.3 Å². The molecule has 4 heteroatoms. The van der Waals surface area contributed by atoms with Crippen LogP contribution in [0.15, 0.2) is 29.2 Å². The Morgan fingerprint density at radius 2 is 1.95 bits per heavy atom. The molecule has 0 unspecified atom stereocenters. The number of hydrogen-bond donors (Lipinski definition) is 1. The van der Waals surface area contributed by atoms with Crippen LogP contribution in [0.5, 0.6) is 0 Å². The third kappa shape index (κ3) is 8.17. The van der Waals surface area contributed by atoms with E-state index in [9.17, 15) is 4.79 Å². The number of thioether (sulfide) groups is 1. The van der Waals surface area contributed by atoms with Crippen molar-refractivity contribution in [2.75, 3.05) is 12.3 Å². The second kappa shape index (κ2) is 10.2. The van der Waals surface area contributed by atoms with Gasteiger partial charge in [-0.05, 0) is 30.7 Å². The lowest BCUT2D eigenvalue weighted by molar-refractivity contribution is -0.120. The third-order valence-corrected chi connectivity index (χ3v) is 4.03. The quantitative estimate of drug-likeness (QED) is 0.536. The highest BCUT2D eigenvalue weighted by atomic mass is 35.5. The monoisotopic (exact) mass is 299 g/mol. The molecule has 0 aromatic heterocycles. The molecule has 0 atom stereocenters. The van der Waals surface area contributed by atoms with E-state index >= 15 is 0 Å². The lowest BCUT2D eigenvalue weighted by Crippen LogP contribution is -2.24. The molecule has 106 valence electrons. The number of unbranched alkanes of at least 4 members (excludes halogenated alkanes) is 3. The lowest BCUT2D eigenvalue weighted by Gasteiger charge is -2.05. The van der Waals surface area contributed by atoms with Gasteiger partial charge in [0.25, 0.3) is 0 Å². The average molecular weight is 300 g/mol. The minimum atomic E-state index is 0.151. The second-order valence-electron chi connectivity index (χ2n) is 4.46. The molecule has 2 nitrogen and oxygen atoms in total. The molecule has 0 aliphatic carbocycles. The third-order valence-electron chi connectivity index (χ3n) is 2.76. The minimum absolute atomic E-state index is 0.151. The summed E-state index contributed by atoms with van der Waals surface area (Å²) in [4.78, 5) is 12.7. The average Bonchev–Trinajstić information content (AvgIpc) is 2.41. The summed E-state index contributed by atoms with van der Waals surface area (Å²) in [5.41, 5.74) is 0. The van der Waals surface area contributed by atoms with Crippen molar-refractivity contribution in [3.8, 4) is 0 Å². The molecular formula is C15H22ClNOS. The molecular weight excluding hydrogens is 278 g/mol. The van der Waals surface area contributed by atoms with Crippen molar-refractivity contribution in [1.29, 1.82) is 0 Å². The highest BCUT2D eigenvalue weighted by Gasteiger charge is 2.01. The molecule has 1 rings (SSSR count). The van der Waals surface area contributed by atoms with Crippen molar-refractivity contribution < 1.29 is 4.79 Å². The Morgan fingerprint density at radius 3 is 2.63 bits per heavy atom. The van der Waals surface area contributed by atoms with Crippen LogP contribution < -0.4 is 5.32 Å². The van der Waals surface area contributed by atoms with Crippen LogP contribution in [0.4, 0.5) is 0 Å². The first kappa shape index (κ1) is 16.4. The number of carbonyl (C=O) groups is 1. The van der Waals surface area contributed by atoms with Gasteiger partial charge in [0.15, 0.2) is 0 Å². The van der Waals surface area contributed by atoms with Crippen LogP contribution in [0.2, 0.25) is 5.02 Å². The highest BCUT2D eigenvalue weighted by molar-refractivity contribution is 7.99. The highest BCUT2D eigenvalue weighted by Crippen LogP contribution is 2.20. The molecule has 1 aromatic rings. The molecule has 0 spiro atoms. The van der Waals surface area contributed by atoms with Crippen molar-refractivity contribution in [1.82, 2.24) is 5.32 Å². The molecule has 0 aliphatic heterocycles. The maximum Gasteiger partial charge on any atom is 0.220 e. The number of benzene rings is 1. The predicted molar refractivity (Wildman–Crippen MR) is 83.9 cm³/mol. The molecule has 1 aromatic carbocycles. The number of amides is 1. The number of halogens is 1. The Labute approximate surface area is 125 Å². The topological polar surface area (TPSA) is 29.1 Å². The Bertz CT molecular complexity index is 367. The van der Waals surface area contributed by atoms with Crippen LogP contribution >= 0.6 is 23.4 Å². The Hall–Kier alpha value is -0.670. The van der Waals surface area contributed by atoms with E-state index < -0.39 is 0 Å². The van der Waals surface area contributed by atoms with Gasteiger partial charge in [-0.15, -0.1) is 11.8 Å². The minimum Gasteiger partial charge on any atom is -0.356 e. The van der Waals surface area contributed by atoms with Crippen LogP contribution in [0, 0.1) is 0 Å². The molecule has 0 heterocycles. The van der Waals surface area contributed by atoms with Crippen molar-refractivity contribution in [3.05, 3.63) is 29.3 Å². The SMILES string of the molecule is CCCCCCNC(=O)CCSc1ccc(Cl)cc1. The summed E-state index contributed by atoms with van der Waals surface area (Å²) < 4.78 is 0. The van der Waals surface area contributed by atoms with Crippen LogP contribution in [-0.4, -0.2) is 18.2 Å². The van der Waals surface area contributed by atoms with E-state index in [-0.39, 0.29) is 5.91 Å². The maximum absolute atomic E-state index is 11.6. The first-order chi connectivity index (χ1) is 9.22. The molecule has 0 bridgehead atoms. The fourth-order valence-corrected chi connectivity index (χ4v) is 2.64. The molecule has 0 saturated heterocycles. The Morgan fingerprint density at radius 1 is 1.21 bits per heavy atom. The van der Waals surface area contributed by atoms with E-state index in [1.807, 2.05) is 24.3 Å². The maximum atomic E-state index is 11.6. The largest absolute Gasteiger partial charge is 0.356 e. The zero-order valence-electron chi connectivity index (χ0n) is 11.5. The summed E-state index contributed by atoms with van der Waals surface area (Å²) in [6.45, 7) is 3.00. The second-order valence-corrected chi connectivity index (χ2v) is 6.07. The first-order valence-corrected chi connectivity index (χ1v) is 8.24. The van der Waals surface area contributed by atoms with Gasteiger partial charge in [0, 0.05) is 28.6 Å². The fourth-order valence-electron chi connectivity index (χ4n) is 1.66. The predicted octanol–water partition coefficient (Wildman–Crippen LogP) is 4.52. The van der Waals surface area contributed by atoms with Gasteiger partial charge in [-0.25, -0.2) is 0 Å². The normalized spacial score (nSPS) is 10.4. The summed E-state index contributed by atoms with van der Waals surface area (Å²) in [5.74, 6) is 0.959. The number of hydrogen-bond acceptors (Lipinski definition) is 2. The molecule has 0 aliphatic rings. The lowest BCUT2D eigenvalue weighted by atomic mass is 10.2. The standard InChI is InChI=1S/C15H22ClNOS/c1-2-3-4-5-11-17-15(18)10-12-19-14-8-6-13(16)7-9-14/h6-9H,2-5,10-12H2,1H3,(H,17,18). The Balaban J connectivity index is 2.05. The zero-order valence-corrected chi connectivity index (χ0v) is 13.0. The fraction of sp³-hybridized carbons (Fsp3) is 0.533. The van der Waals surface area contributed by atoms with E-state index in [0.29, 0.717) is 6.42 Å². The molecule has 1 amide bonds. The van der Waals surface area contributed by atoms with Gasteiger partial charge in [0.05, 0.1) is 0 Å². The molecule has 0 radical (unpaired) electrons. The van der Waals surface area contributed by atoms with E-state index in [1.54, 1.807) is 11.8 Å². The summed E-state index contributed by atoms with van der Waals surface area (Å²) >= 11 is 7.50. The van der Waals surface area contributed by atoms with Crippen LogP contribution in [-0.2, 0) is 4.79 Å². The van der Waals surface area contributed by atoms with E-state index in [2.05, 4.69) is 12.2 Å². The first-order valence-electron chi connectivity index (χ1n) is 6.87. The van der Waals surface area contributed by atoms with Crippen molar-refractivity contribution in [3.63, 3.8) is 0 Å². The summed E-state index contributed by atoms with van der Waals surface area (Å²) in [6.07, 6.45) is 5.34. The van der Waals surface area contributed by atoms with Gasteiger partial charge in [-0.3, -0.25) is 4.79 Å². The number of nitrogens with one attached hydrogen (secondary N) is 1. The van der Waals surface area contributed by atoms with Crippen molar-refractivity contribution in [2.24, 2.45) is 0 Å². The van der Waals surface area contributed by atoms with Gasteiger partial charge in [0.2, 0.25) is 5.91 Å². The number of rotatable bonds is 9. The van der Waals surface area contributed by atoms with Crippen LogP contribution in [0.1, 0.15) is 39.0 Å². The van der Waals surface area contributed by atoms with Gasteiger partial charge in [0.1, 0.15) is 0 Å². The van der Waals surface area contributed by atoms with Gasteiger partial charge in [-0.2, -0.15) is 0 Å². The Kier molecular flexibility index (Phi) is 8.76. The van der Waals surface area contributed by atoms with E-state index in [4.69, 9.17) is 11.6 Å². The summed E-state index contributed by atoms with van der Waals surface area (Å²) in [6, 6.07) is 7.71. The smallest absolute Gasteiger partial charge is 0.220 e. The van der Waals surface area contributed by atoms with Crippen molar-refractivity contribution >= 4 is 29.3 Å². The summed E-state index contributed by atoms with van der Waals surface area (Å²) in [7, 11) is 0. The number of carbonyl (C=O) groups excluding carboxylic acids is 1. The van der Waals surface area contributed by atoms with Gasteiger partial charge in [-0.1, -0.05) is 37.8 Å².